The van der Waals surface area contributed by atoms with Gasteiger partial charge in [-0.3, -0.25) is 4.57 Å². The second-order valence-corrected chi connectivity index (χ2v) is 11.1. The summed E-state index contributed by atoms with van der Waals surface area (Å²) in [5, 5.41) is 0. The van der Waals surface area contributed by atoms with Crippen molar-refractivity contribution < 1.29 is 27.6 Å². The van der Waals surface area contributed by atoms with Gasteiger partial charge in [-0.15, -0.1) is 0 Å². The first-order valence-corrected chi connectivity index (χ1v) is 13.5. The van der Waals surface area contributed by atoms with Crippen molar-refractivity contribution >= 4 is 16.4 Å². The maximum absolute atomic E-state index is 11.5. The molecule has 0 aromatic carbocycles. The Balaban J connectivity index is 5.61. The van der Waals surface area contributed by atoms with Gasteiger partial charge in [0, 0.05) is 19.3 Å². The normalized spacial score (nSPS) is 13.4. The molecule has 0 aliphatic carbocycles. The highest BCUT2D eigenvalue weighted by molar-refractivity contribution is 7.51. The van der Waals surface area contributed by atoms with Gasteiger partial charge in [0.05, 0.1) is 11.8 Å². The van der Waals surface area contributed by atoms with Crippen molar-refractivity contribution in [2.45, 2.75) is 91.2 Å². The third kappa shape index (κ3) is 10.2. The van der Waals surface area contributed by atoms with Crippen LogP contribution in [0.5, 0.6) is 0 Å². The Labute approximate surface area is 155 Å². The van der Waals surface area contributed by atoms with Crippen LogP contribution in [-0.4, -0.2) is 43.6 Å². The zero-order valence-electron chi connectivity index (χ0n) is 16.8. The van der Waals surface area contributed by atoms with Crippen molar-refractivity contribution in [1.29, 1.82) is 0 Å². The van der Waals surface area contributed by atoms with E-state index in [2.05, 4.69) is 20.8 Å². The molecule has 2 N–H and O–H groups in total. The Morgan fingerprint density at radius 2 is 1.36 bits per heavy atom. The second kappa shape index (κ2) is 12.6. The summed E-state index contributed by atoms with van der Waals surface area (Å²) in [5.41, 5.74) is -0.341. The molecule has 25 heavy (non-hydrogen) atoms. The summed E-state index contributed by atoms with van der Waals surface area (Å²) < 4.78 is 30.2. The molecule has 0 rings (SSSR count). The molecule has 0 aromatic rings. The Bertz CT molecular complexity index is 373. The van der Waals surface area contributed by atoms with Crippen LogP contribution in [0.2, 0.25) is 6.04 Å². The van der Waals surface area contributed by atoms with Crippen LogP contribution in [0.15, 0.2) is 0 Å². The third-order valence-electron chi connectivity index (χ3n) is 4.19. The molecule has 0 amide bonds. The fraction of sp³-hybridized carbons (Fsp3) is 1.00. The van der Waals surface area contributed by atoms with E-state index in [9.17, 15) is 14.4 Å². The van der Waals surface area contributed by atoms with Crippen LogP contribution >= 0.6 is 7.60 Å². The maximum Gasteiger partial charge on any atom is 0.502 e. The van der Waals surface area contributed by atoms with Gasteiger partial charge in [-0.25, -0.2) is 0 Å². The van der Waals surface area contributed by atoms with E-state index in [1.54, 1.807) is 0 Å². The van der Waals surface area contributed by atoms with Gasteiger partial charge in [-0.1, -0.05) is 47.5 Å². The number of rotatable bonds is 16. The molecule has 152 valence electrons. The molecular formula is C17H39O6PSi. The first-order chi connectivity index (χ1) is 11.7. The average Bonchev–Trinajstić information content (AvgIpc) is 2.56. The van der Waals surface area contributed by atoms with Crippen molar-refractivity contribution in [3.8, 4) is 0 Å². The van der Waals surface area contributed by atoms with Gasteiger partial charge in [0.15, 0.2) is 0 Å². The topological polar surface area (TPSA) is 85.2 Å². The smallest absolute Gasteiger partial charge is 0.373 e. The second-order valence-electron chi connectivity index (χ2n) is 6.66. The predicted molar refractivity (Wildman–Crippen MR) is 104 cm³/mol. The van der Waals surface area contributed by atoms with Gasteiger partial charge in [0.2, 0.25) is 0 Å². The number of hydrogen-bond acceptors (Lipinski definition) is 4. The minimum atomic E-state index is -4.14. The fourth-order valence-corrected chi connectivity index (χ4v) is 7.88. The van der Waals surface area contributed by atoms with Crippen LogP contribution in [0.25, 0.3) is 0 Å². The van der Waals surface area contributed by atoms with Crippen LogP contribution in [-0.2, 0) is 17.8 Å². The highest BCUT2D eigenvalue weighted by Crippen LogP contribution is 2.40. The van der Waals surface area contributed by atoms with Gasteiger partial charge in [0.25, 0.3) is 0 Å². The minimum absolute atomic E-state index is 0.159. The molecule has 0 atom stereocenters. The quantitative estimate of drug-likeness (QED) is 0.289. The predicted octanol–water partition coefficient (Wildman–Crippen LogP) is 4.72. The highest BCUT2D eigenvalue weighted by Gasteiger charge is 2.48. The van der Waals surface area contributed by atoms with Crippen LogP contribution in [0, 0.1) is 0 Å². The molecule has 0 aliphatic rings. The van der Waals surface area contributed by atoms with Gasteiger partial charge in [-0.05, 0) is 32.1 Å². The first kappa shape index (κ1) is 25.2. The Kier molecular flexibility index (Phi) is 12.7. The van der Waals surface area contributed by atoms with E-state index in [-0.39, 0.29) is 17.8 Å². The summed E-state index contributed by atoms with van der Waals surface area (Å²) >= 11 is 0. The van der Waals surface area contributed by atoms with Crippen molar-refractivity contribution in [1.82, 2.24) is 0 Å². The van der Waals surface area contributed by atoms with Crippen molar-refractivity contribution in [2.75, 3.05) is 19.4 Å². The lowest BCUT2D eigenvalue weighted by Gasteiger charge is -2.41. The van der Waals surface area contributed by atoms with Crippen LogP contribution < -0.4 is 0 Å². The molecule has 0 radical (unpaired) electrons. The standard InChI is InChI=1S/C17H39O6PSi/c1-6-11-17(10-5,12-7-2)23-25(21-13-8-3,22-14-9-4)16-15-24(18,19)20/h6-16H2,1-5H3,(H2,18,19,20). The van der Waals surface area contributed by atoms with E-state index in [1.165, 1.54) is 0 Å². The van der Waals surface area contributed by atoms with E-state index in [0.29, 0.717) is 13.2 Å². The Morgan fingerprint density at radius 1 is 0.880 bits per heavy atom. The average molecular weight is 399 g/mol. The Hall–Kier alpha value is 0.247. The molecule has 0 saturated carbocycles. The summed E-state index contributed by atoms with van der Waals surface area (Å²) in [5.74, 6) is 0. The van der Waals surface area contributed by atoms with Crippen molar-refractivity contribution in [3.63, 3.8) is 0 Å². The third-order valence-corrected chi connectivity index (χ3v) is 8.31. The zero-order valence-corrected chi connectivity index (χ0v) is 18.6. The van der Waals surface area contributed by atoms with Crippen LogP contribution in [0.4, 0.5) is 0 Å². The minimum Gasteiger partial charge on any atom is -0.373 e. The first-order valence-electron chi connectivity index (χ1n) is 9.74. The van der Waals surface area contributed by atoms with Gasteiger partial charge in [0.1, 0.15) is 0 Å². The molecular weight excluding hydrogens is 359 g/mol. The number of hydrogen-bond donors (Lipinski definition) is 2. The lowest BCUT2D eigenvalue weighted by Crippen LogP contribution is -2.54. The molecule has 8 heteroatoms. The van der Waals surface area contributed by atoms with Gasteiger partial charge < -0.3 is 23.1 Å². The molecule has 0 fully saturated rings. The molecule has 0 bridgehead atoms. The molecule has 0 aromatic heterocycles. The van der Waals surface area contributed by atoms with E-state index in [4.69, 9.17) is 13.3 Å². The highest BCUT2D eigenvalue weighted by atomic mass is 31.2. The largest absolute Gasteiger partial charge is 0.502 e. The maximum atomic E-state index is 11.5. The van der Waals surface area contributed by atoms with Gasteiger partial charge in [-0.2, -0.15) is 0 Å². The summed E-state index contributed by atoms with van der Waals surface area (Å²) in [6, 6.07) is 0.159. The van der Waals surface area contributed by atoms with Crippen molar-refractivity contribution in [3.05, 3.63) is 0 Å². The monoisotopic (exact) mass is 398 g/mol. The van der Waals surface area contributed by atoms with Crippen LogP contribution in [0.3, 0.4) is 0 Å². The molecule has 6 nitrogen and oxygen atoms in total. The molecule has 0 saturated heterocycles. The van der Waals surface area contributed by atoms with E-state index in [1.807, 2.05) is 13.8 Å². The zero-order chi connectivity index (χ0) is 19.4. The fourth-order valence-electron chi connectivity index (χ4n) is 2.99. The van der Waals surface area contributed by atoms with Crippen molar-refractivity contribution in [2.24, 2.45) is 0 Å². The molecule has 0 heterocycles. The summed E-state index contributed by atoms with van der Waals surface area (Å²) in [6.07, 6.45) is 5.96. The molecule has 0 spiro atoms. The molecule has 0 aliphatic heterocycles. The summed E-state index contributed by atoms with van der Waals surface area (Å²) in [6.45, 7) is 11.3. The summed E-state index contributed by atoms with van der Waals surface area (Å²) in [7, 11) is -7.31. The summed E-state index contributed by atoms with van der Waals surface area (Å²) in [4.78, 5) is 18.7. The van der Waals surface area contributed by atoms with Crippen LogP contribution in [0.1, 0.15) is 79.6 Å². The lowest BCUT2D eigenvalue weighted by molar-refractivity contribution is -0.0453. The van der Waals surface area contributed by atoms with E-state index in [0.717, 1.165) is 44.9 Å². The lowest BCUT2D eigenvalue weighted by atomic mass is 9.90. The SMILES string of the molecule is CCCO[Si](CCP(=O)(O)O)(OCCC)OC(CC)(CCC)CCC. The van der Waals surface area contributed by atoms with E-state index >= 15 is 0 Å². The Morgan fingerprint density at radius 3 is 1.68 bits per heavy atom. The molecule has 0 unspecified atom stereocenters. The van der Waals surface area contributed by atoms with Gasteiger partial charge >= 0.3 is 16.4 Å². The van der Waals surface area contributed by atoms with E-state index < -0.39 is 16.4 Å².